The number of fused-ring (bicyclic) bond motifs is 1. The number of carbonyl (C=O) groups is 1. The summed E-state index contributed by atoms with van der Waals surface area (Å²) in [6.07, 6.45) is 2.31. The summed E-state index contributed by atoms with van der Waals surface area (Å²) >= 11 is 0. The summed E-state index contributed by atoms with van der Waals surface area (Å²) < 4.78 is 5.87. The van der Waals surface area contributed by atoms with Crippen molar-refractivity contribution < 1.29 is 14.3 Å². The number of nitrogens with zero attached hydrogens (tertiary/aromatic N) is 1. The van der Waals surface area contributed by atoms with E-state index in [2.05, 4.69) is 17.1 Å². The second kappa shape index (κ2) is 7.32. The third-order valence-electron chi connectivity index (χ3n) is 5.70. The zero-order valence-electron chi connectivity index (χ0n) is 16.6. The van der Waals surface area contributed by atoms with Crippen LogP contribution in [-0.4, -0.2) is 28.5 Å². The monoisotopic (exact) mass is 378 g/mol. The zero-order chi connectivity index (χ0) is 19.8. The molecule has 28 heavy (non-hydrogen) atoms. The molecule has 5 heteroatoms. The highest BCUT2D eigenvalue weighted by molar-refractivity contribution is 6.14. The summed E-state index contributed by atoms with van der Waals surface area (Å²) in [5.41, 5.74) is 3.76. The van der Waals surface area contributed by atoms with Crippen molar-refractivity contribution in [2.45, 2.75) is 46.2 Å². The third kappa shape index (κ3) is 3.38. The number of anilines is 1. The van der Waals surface area contributed by atoms with Crippen LogP contribution in [0, 0.1) is 13.8 Å². The molecule has 1 atom stereocenters. The number of phenols is 1. The molecule has 1 saturated heterocycles. The molecule has 1 aromatic heterocycles. The molecule has 3 aromatic rings. The number of rotatable bonds is 4. The second-order valence-corrected chi connectivity index (χ2v) is 7.75. The van der Waals surface area contributed by atoms with Gasteiger partial charge in [-0.1, -0.05) is 17.7 Å². The minimum atomic E-state index is -0.221. The molecule has 0 bridgehead atoms. The van der Waals surface area contributed by atoms with Crippen molar-refractivity contribution in [1.82, 2.24) is 4.90 Å². The van der Waals surface area contributed by atoms with Gasteiger partial charge in [-0.15, -0.1) is 0 Å². The Morgan fingerprint density at radius 2 is 1.96 bits per heavy atom. The number of likely N-dealkylation sites (tertiary alicyclic amines) is 1. The fourth-order valence-electron chi connectivity index (χ4n) is 4.06. The maximum Gasteiger partial charge on any atom is 0.259 e. The lowest BCUT2D eigenvalue weighted by molar-refractivity contribution is 0.102. The van der Waals surface area contributed by atoms with Crippen LogP contribution in [-0.2, 0) is 6.54 Å². The number of hydrogen-bond donors (Lipinski definition) is 2. The van der Waals surface area contributed by atoms with Gasteiger partial charge in [0.1, 0.15) is 17.1 Å². The van der Waals surface area contributed by atoms with Gasteiger partial charge in [0.25, 0.3) is 5.91 Å². The number of furan rings is 1. The highest BCUT2D eigenvalue weighted by atomic mass is 16.3. The van der Waals surface area contributed by atoms with Gasteiger partial charge in [-0.2, -0.15) is 0 Å². The van der Waals surface area contributed by atoms with Crippen LogP contribution < -0.4 is 5.32 Å². The van der Waals surface area contributed by atoms with E-state index in [1.54, 1.807) is 19.1 Å². The molecule has 0 saturated carbocycles. The minimum Gasteiger partial charge on any atom is -0.508 e. The van der Waals surface area contributed by atoms with E-state index in [1.165, 1.54) is 0 Å². The third-order valence-corrected chi connectivity index (χ3v) is 5.70. The Balaban J connectivity index is 1.75. The van der Waals surface area contributed by atoms with Crippen molar-refractivity contribution in [2.24, 2.45) is 0 Å². The molecule has 5 nitrogen and oxygen atoms in total. The Morgan fingerprint density at radius 3 is 2.64 bits per heavy atom. The molecule has 0 unspecified atom stereocenters. The smallest absolute Gasteiger partial charge is 0.259 e. The summed E-state index contributed by atoms with van der Waals surface area (Å²) in [7, 11) is 0. The van der Waals surface area contributed by atoms with Crippen LogP contribution in [0.2, 0.25) is 0 Å². The number of amides is 1. The molecular formula is C23H26N2O3. The lowest BCUT2D eigenvalue weighted by Crippen LogP contribution is -2.26. The molecule has 0 radical (unpaired) electrons. The van der Waals surface area contributed by atoms with E-state index in [4.69, 9.17) is 4.42 Å². The van der Waals surface area contributed by atoms with Crippen LogP contribution in [0.4, 0.5) is 5.69 Å². The van der Waals surface area contributed by atoms with E-state index in [1.807, 2.05) is 31.2 Å². The largest absolute Gasteiger partial charge is 0.508 e. The Kier molecular flexibility index (Phi) is 4.85. The van der Waals surface area contributed by atoms with Gasteiger partial charge in [-0.3, -0.25) is 9.69 Å². The molecular weight excluding hydrogens is 352 g/mol. The van der Waals surface area contributed by atoms with Crippen molar-refractivity contribution in [1.29, 1.82) is 0 Å². The van der Waals surface area contributed by atoms with Gasteiger partial charge in [-0.25, -0.2) is 0 Å². The second-order valence-electron chi connectivity index (χ2n) is 7.75. The molecule has 1 fully saturated rings. The first-order chi connectivity index (χ1) is 13.4. The topological polar surface area (TPSA) is 65.7 Å². The lowest BCUT2D eigenvalue weighted by atomic mass is 10.0. The predicted octanol–water partition coefficient (Wildman–Crippen LogP) is 4.99. The number of nitrogens with one attached hydrogen (secondary N) is 1. The normalized spacial score (nSPS) is 17.3. The Morgan fingerprint density at radius 1 is 1.21 bits per heavy atom. The molecule has 1 aliphatic rings. The lowest BCUT2D eigenvalue weighted by Gasteiger charge is -2.22. The van der Waals surface area contributed by atoms with Crippen LogP contribution in [0.15, 0.2) is 40.8 Å². The highest BCUT2D eigenvalue weighted by Gasteiger charge is 2.26. The van der Waals surface area contributed by atoms with E-state index < -0.39 is 0 Å². The fraction of sp³-hybridized carbons (Fsp3) is 0.348. The molecule has 4 rings (SSSR count). The van der Waals surface area contributed by atoms with Gasteiger partial charge in [-0.05, 0) is 64.4 Å². The summed E-state index contributed by atoms with van der Waals surface area (Å²) in [4.78, 5) is 15.4. The van der Waals surface area contributed by atoms with Crippen LogP contribution in [0.5, 0.6) is 5.75 Å². The van der Waals surface area contributed by atoms with Gasteiger partial charge in [0, 0.05) is 29.2 Å². The average Bonchev–Trinajstić information content (AvgIpc) is 3.22. The van der Waals surface area contributed by atoms with E-state index in [0.717, 1.165) is 36.2 Å². The van der Waals surface area contributed by atoms with Gasteiger partial charge in [0.05, 0.1) is 5.56 Å². The first-order valence-electron chi connectivity index (χ1n) is 9.80. The standard InChI is InChI=1S/C23H26N2O3/c1-14-6-8-17(9-7-14)24-23(27)21-16(3)28-20-11-10-19(26)18(22(20)21)13-25-12-4-5-15(25)2/h6-11,15,26H,4-5,12-13H2,1-3H3,(H,24,27)/t15-/m1/s1. The van der Waals surface area contributed by atoms with Gasteiger partial charge < -0.3 is 14.8 Å². The molecule has 1 amide bonds. The summed E-state index contributed by atoms with van der Waals surface area (Å²) in [5.74, 6) is 0.541. The van der Waals surface area contributed by atoms with Gasteiger partial charge >= 0.3 is 0 Å². The van der Waals surface area contributed by atoms with Crippen molar-refractivity contribution in [3.05, 3.63) is 58.8 Å². The number of aromatic hydroxyl groups is 1. The Hall–Kier alpha value is -2.79. The quantitative estimate of drug-likeness (QED) is 0.671. The van der Waals surface area contributed by atoms with Crippen molar-refractivity contribution >= 4 is 22.6 Å². The van der Waals surface area contributed by atoms with Gasteiger partial charge in [0.2, 0.25) is 0 Å². The molecule has 0 spiro atoms. The zero-order valence-corrected chi connectivity index (χ0v) is 16.6. The van der Waals surface area contributed by atoms with Gasteiger partial charge in [0.15, 0.2) is 0 Å². The first kappa shape index (κ1) is 18.6. The van der Waals surface area contributed by atoms with Crippen LogP contribution in [0.25, 0.3) is 11.0 Å². The average molecular weight is 378 g/mol. The number of carbonyl (C=O) groups excluding carboxylic acids is 1. The summed E-state index contributed by atoms with van der Waals surface area (Å²) in [5, 5.41) is 14.3. The van der Waals surface area contributed by atoms with Crippen molar-refractivity contribution in [2.75, 3.05) is 11.9 Å². The molecule has 146 valence electrons. The molecule has 2 N–H and O–H groups in total. The van der Waals surface area contributed by atoms with Crippen molar-refractivity contribution in [3.8, 4) is 5.75 Å². The first-order valence-corrected chi connectivity index (χ1v) is 9.80. The maximum absolute atomic E-state index is 13.1. The maximum atomic E-state index is 13.1. The number of hydrogen-bond acceptors (Lipinski definition) is 4. The highest BCUT2D eigenvalue weighted by Crippen LogP contribution is 2.36. The van der Waals surface area contributed by atoms with E-state index in [-0.39, 0.29) is 11.7 Å². The molecule has 1 aliphatic heterocycles. The number of benzene rings is 2. The SMILES string of the molecule is Cc1ccc(NC(=O)c2c(C)oc3ccc(O)c(CN4CCC[C@H]4C)c23)cc1. The summed E-state index contributed by atoms with van der Waals surface area (Å²) in [6, 6.07) is 11.5. The van der Waals surface area contributed by atoms with E-state index in [0.29, 0.717) is 34.9 Å². The molecule has 2 aromatic carbocycles. The fourth-order valence-corrected chi connectivity index (χ4v) is 4.06. The van der Waals surface area contributed by atoms with Crippen LogP contribution in [0.3, 0.4) is 0 Å². The number of aryl methyl sites for hydroxylation is 2. The molecule has 2 heterocycles. The molecule has 0 aliphatic carbocycles. The summed E-state index contributed by atoms with van der Waals surface area (Å²) in [6.45, 7) is 7.61. The Labute approximate surface area is 165 Å². The van der Waals surface area contributed by atoms with E-state index >= 15 is 0 Å². The minimum absolute atomic E-state index is 0.205. The Bertz CT molecular complexity index is 1020. The number of phenolic OH excluding ortho intramolecular Hbond substituents is 1. The van der Waals surface area contributed by atoms with E-state index in [9.17, 15) is 9.90 Å². The van der Waals surface area contributed by atoms with Crippen LogP contribution >= 0.6 is 0 Å². The predicted molar refractivity (Wildman–Crippen MR) is 111 cm³/mol. The van der Waals surface area contributed by atoms with Crippen LogP contribution in [0.1, 0.15) is 47.0 Å². The van der Waals surface area contributed by atoms with Crippen molar-refractivity contribution in [3.63, 3.8) is 0 Å².